The Bertz CT molecular complexity index is 584. The number of oxime groups is 1. The van der Waals surface area contributed by atoms with Gasteiger partial charge < -0.3 is 20.4 Å². The molecule has 19 heavy (non-hydrogen) atoms. The lowest BCUT2D eigenvalue weighted by atomic mass is 10.2. The summed E-state index contributed by atoms with van der Waals surface area (Å²) < 4.78 is 10.6. The monoisotopic (exact) mass is 260 g/mol. The van der Waals surface area contributed by atoms with Gasteiger partial charge >= 0.3 is 0 Å². The minimum Gasteiger partial charge on any atom is -0.497 e. The number of methoxy groups -OCH3 is 1. The maximum Gasteiger partial charge on any atom is 0.250 e. The maximum absolute atomic E-state index is 8.69. The molecule has 0 fully saturated rings. The molecular formula is C12H12N4O3. The lowest BCUT2D eigenvalue weighted by Crippen LogP contribution is -2.15. The molecule has 7 nitrogen and oxygen atoms in total. The van der Waals surface area contributed by atoms with Crippen molar-refractivity contribution in [2.24, 2.45) is 10.9 Å². The van der Waals surface area contributed by atoms with Gasteiger partial charge in [-0.3, -0.25) is 0 Å². The second-order valence-corrected chi connectivity index (χ2v) is 3.51. The Labute approximate surface area is 109 Å². The largest absolute Gasteiger partial charge is 0.497 e. The summed E-state index contributed by atoms with van der Waals surface area (Å²) in [5.41, 5.74) is 5.88. The molecule has 2 rings (SSSR count). The van der Waals surface area contributed by atoms with Crippen LogP contribution in [0.5, 0.6) is 17.4 Å². The first kappa shape index (κ1) is 12.6. The van der Waals surface area contributed by atoms with Crippen molar-refractivity contribution in [3.05, 3.63) is 42.1 Å². The fraction of sp³-hybridized carbons (Fsp3) is 0.0833. The number of nitrogens with two attached hydrogens (primary N) is 1. The van der Waals surface area contributed by atoms with Crippen molar-refractivity contribution >= 4 is 5.84 Å². The zero-order chi connectivity index (χ0) is 13.7. The zero-order valence-corrected chi connectivity index (χ0v) is 10.1. The summed E-state index contributed by atoms with van der Waals surface area (Å²) >= 11 is 0. The molecule has 2 aromatic rings. The summed E-state index contributed by atoms with van der Waals surface area (Å²) in [5, 5.41) is 19.1. The van der Waals surface area contributed by atoms with Crippen LogP contribution in [0.25, 0.3) is 0 Å². The SMILES string of the molecule is COc1ccc(Oc2nnccc2/C(N)=N/O)cc1. The van der Waals surface area contributed by atoms with E-state index in [0.29, 0.717) is 17.1 Å². The molecule has 0 aliphatic rings. The normalized spacial score (nSPS) is 11.1. The highest BCUT2D eigenvalue weighted by molar-refractivity contribution is 5.98. The van der Waals surface area contributed by atoms with Gasteiger partial charge in [-0.1, -0.05) is 5.16 Å². The van der Waals surface area contributed by atoms with Gasteiger partial charge in [-0.05, 0) is 30.3 Å². The van der Waals surface area contributed by atoms with E-state index in [1.54, 1.807) is 37.4 Å². The van der Waals surface area contributed by atoms with Crippen molar-refractivity contribution in [2.75, 3.05) is 7.11 Å². The third-order valence-electron chi connectivity index (χ3n) is 2.34. The van der Waals surface area contributed by atoms with Crippen molar-refractivity contribution in [3.8, 4) is 17.4 Å². The Morgan fingerprint density at radius 3 is 2.53 bits per heavy atom. The molecule has 0 bridgehead atoms. The number of benzene rings is 1. The van der Waals surface area contributed by atoms with Gasteiger partial charge in [-0.15, -0.1) is 5.10 Å². The topological polar surface area (TPSA) is 103 Å². The Morgan fingerprint density at radius 1 is 1.21 bits per heavy atom. The van der Waals surface area contributed by atoms with Gasteiger partial charge in [-0.25, -0.2) is 0 Å². The highest BCUT2D eigenvalue weighted by atomic mass is 16.5. The van der Waals surface area contributed by atoms with E-state index in [9.17, 15) is 0 Å². The van der Waals surface area contributed by atoms with Crippen LogP contribution in [-0.4, -0.2) is 28.4 Å². The molecule has 0 radical (unpaired) electrons. The van der Waals surface area contributed by atoms with Crippen LogP contribution in [0, 0.1) is 0 Å². The van der Waals surface area contributed by atoms with Crippen LogP contribution < -0.4 is 15.2 Å². The summed E-state index contributed by atoms with van der Waals surface area (Å²) in [5.74, 6) is 1.30. The van der Waals surface area contributed by atoms with Crippen LogP contribution in [0.15, 0.2) is 41.7 Å². The summed E-state index contributed by atoms with van der Waals surface area (Å²) in [6.45, 7) is 0. The summed E-state index contributed by atoms with van der Waals surface area (Å²) in [6.07, 6.45) is 1.42. The van der Waals surface area contributed by atoms with Gasteiger partial charge in [0.05, 0.1) is 18.9 Å². The minimum atomic E-state index is -0.0987. The van der Waals surface area contributed by atoms with E-state index >= 15 is 0 Å². The Hall–Kier alpha value is -2.83. The van der Waals surface area contributed by atoms with Gasteiger partial charge in [0.15, 0.2) is 5.84 Å². The van der Waals surface area contributed by atoms with Gasteiger partial charge in [-0.2, -0.15) is 5.10 Å². The van der Waals surface area contributed by atoms with E-state index in [4.69, 9.17) is 20.4 Å². The lowest BCUT2D eigenvalue weighted by molar-refractivity contribution is 0.318. The average Bonchev–Trinajstić information content (AvgIpc) is 2.48. The van der Waals surface area contributed by atoms with Crippen molar-refractivity contribution in [1.29, 1.82) is 0 Å². The molecule has 0 saturated carbocycles. The number of hydrogen-bond donors (Lipinski definition) is 2. The molecule has 3 N–H and O–H groups in total. The smallest absolute Gasteiger partial charge is 0.250 e. The van der Waals surface area contributed by atoms with E-state index < -0.39 is 0 Å². The summed E-state index contributed by atoms with van der Waals surface area (Å²) in [6, 6.07) is 8.46. The molecule has 1 heterocycles. The van der Waals surface area contributed by atoms with Crippen LogP contribution in [0.4, 0.5) is 0 Å². The molecular weight excluding hydrogens is 248 g/mol. The maximum atomic E-state index is 8.69. The van der Waals surface area contributed by atoms with Gasteiger partial charge in [0.25, 0.3) is 0 Å². The number of aromatic nitrogens is 2. The van der Waals surface area contributed by atoms with E-state index in [1.165, 1.54) is 6.20 Å². The molecule has 0 spiro atoms. The van der Waals surface area contributed by atoms with Crippen molar-refractivity contribution in [3.63, 3.8) is 0 Å². The second-order valence-electron chi connectivity index (χ2n) is 3.51. The number of ether oxygens (including phenoxy) is 2. The van der Waals surface area contributed by atoms with Gasteiger partial charge in [0, 0.05) is 0 Å². The molecule has 0 unspecified atom stereocenters. The van der Waals surface area contributed by atoms with E-state index in [2.05, 4.69) is 15.4 Å². The number of nitrogens with zero attached hydrogens (tertiary/aromatic N) is 3. The van der Waals surface area contributed by atoms with Gasteiger partial charge in [0.2, 0.25) is 5.88 Å². The summed E-state index contributed by atoms with van der Waals surface area (Å²) in [4.78, 5) is 0. The standard InChI is InChI=1S/C12H12N4O3/c1-18-8-2-4-9(5-3-8)19-12-10(11(13)16-17)6-7-14-15-12/h2-7,17H,1H3,(H2,13,16). The lowest BCUT2D eigenvalue weighted by Gasteiger charge is -2.08. The molecule has 0 aliphatic carbocycles. The Kier molecular flexibility index (Phi) is 3.77. The number of amidine groups is 1. The zero-order valence-electron chi connectivity index (χ0n) is 10.1. The first-order chi connectivity index (χ1) is 9.24. The molecule has 0 saturated heterocycles. The van der Waals surface area contributed by atoms with E-state index in [1.807, 2.05) is 0 Å². The van der Waals surface area contributed by atoms with Crippen LogP contribution in [0.3, 0.4) is 0 Å². The predicted molar refractivity (Wildman–Crippen MR) is 67.6 cm³/mol. The Morgan fingerprint density at radius 2 is 1.89 bits per heavy atom. The first-order valence-corrected chi connectivity index (χ1v) is 5.36. The van der Waals surface area contributed by atoms with Crippen molar-refractivity contribution in [2.45, 2.75) is 0 Å². The fourth-order valence-corrected chi connectivity index (χ4v) is 1.40. The van der Waals surface area contributed by atoms with Crippen molar-refractivity contribution in [1.82, 2.24) is 10.2 Å². The number of hydrogen-bond acceptors (Lipinski definition) is 6. The highest BCUT2D eigenvalue weighted by Gasteiger charge is 2.11. The molecule has 0 amide bonds. The third-order valence-corrected chi connectivity index (χ3v) is 2.34. The quantitative estimate of drug-likeness (QED) is 0.372. The van der Waals surface area contributed by atoms with Gasteiger partial charge in [0.1, 0.15) is 11.5 Å². The first-order valence-electron chi connectivity index (χ1n) is 5.36. The fourth-order valence-electron chi connectivity index (χ4n) is 1.40. The second kappa shape index (κ2) is 5.67. The van der Waals surface area contributed by atoms with E-state index in [0.717, 1.165) is 0 Å². The molecule has 1 aromatic carbocycles. The highest BCUT2D eigenvalue weighted by Crippen LogP contribution is 2.24. The molecule has 7 heteroatoms. The molecule has 98 valence electrons. The van der Waals surface area contributed by atoms with Crippen LogP contribution >= 0.6 is 0 Å². The van der Waals surface area contributed by atoms with E-state index in [-0.39, 0.29) is 11.7 Å². The summed E-state index contributed by atoms with van der Waals surface area (Å²) in [7, 11) is 1.58. The number of rotatable bonds is 4. The molecule has 0 aliphatic heterocycles. The minimum absolute atomic E-state index is 0.0987. The van der Waals surface area contributed by atoms with Crippen LogP contribution in [0.2, 0.25) is 0 Å². The Balaban J connectivity index is 2.27. The third kappa shape index (κ3) is 2.89. The van der Waals surface area contributed by atoms with Crippen molar-refractivity contribution < 1.29 is 14.7 Å². The molecule has 0 atom stereocenters. The predicted octanol–water partition coefficient (Wildman–Crippen LogP) is 1.37. The average molecular weight is 260 g/mol. The van der Waals surface area contributed by atoms with Crippen LogP contribution in [0.1, 0.15) is 5.56 Å². The van der Waals surface area contributed by atoms with Crippen LogP contribution in [-0.2, 0) is 0 Å². The molecule has 1 aromatic heterocycles.